The molecule has 0 radical (unpaired) electrons. The van der Waals surface area contributed by atoms with Crippen LogP contribution >= 0.6 is 0 Å². The van der Waals surface area contributed by atoms with Crippen LogP contribution < -0.4 is 15.4 Å². The molecule has 35 heavy (non-hydrogen) atoms. The normalized spacial score (nSPS) is 14.3. The van der Waals surface area contributed by atoms with Crippen molar-refractivity contribution in [2.75, 3.05) is 29.9 Å². The monoisotopic (exact) mass is 503 g/mol. The smallest absolute Gasteiger partial charge is 0.407 e. The Bertz CT molecular complexity index is 1340. The van der Waals surface area contributed by atoms with Crippen molar-refractivity contribution in [2.24, 2.45) is 0 Å². The van der Waals surface area contributed by atoms with Gasteiger partial charge >= 0.3 is 6.09 Å². The predicted molar refractivity (Wildman–Crippen MR) is 129 cm³/mol. The van der Waals surface area contributed by atoms with Crippen LogP contribution in [0.25, 0.3) is 22.6 Å². The molecule has 2 aromatic heterocycles. The average molecular weight is 504 g/mol. The molecule has 0 saturated heterocycles. The number of rotatable bonds is 9. The van der Waals surface area contributed by atoms with Crippen molar-refractivity contribution in [3.05, 3.63) is 42.1 Å². The van der Waals surface area contributed by atoms with Crippen molar-refractivity contribution >= 4 is 27.8 Å². The molecule has 0 aliphatic heterocycles. The van der Waals surface area contributed by atoms with Crippen molar-refractivity contribution in [2.45, 2.75) is 31.7 Å². The molecule has 1 aromatic carbocycles. The van der Waals surface area contributed by atoms with E-state index in [1.807, 2.05) is 0 Å². The van der Waals surface area contributed by atoms with Crippen molar-refractivity contribution in [1.82, 2.24) is 25.3 Å². The molecule has 11 nitrogen and oxygen atoms in total. The summed E-state index contributed by atoms with van der Waals surface area (Å²) in [6, 6.07) is 5.87. The summed E-state index contributed by atoms with van der Waals surface area (Å²) in [5, 5.41) is 5.70. The highest BCUT2D eigenvalue weighted by Crippen LogP contribution is 2.42. The summed E-state index contributed by atoms with van der Waals surface area (Å²) in [4.78, 5) is 28.0. The molecule has 1 amide bonds. The average Bonchev–Trinajstić information content (AvgIpc) is 3.57. The number of carbonyl (C=O) groups is 1. The molecule has 3 aromatic rings. The number of nitrogens with zero attached hydrogens (tertiary/aromatic N) is 3. The molecule has 1 fully saturated rings. The van der Waals surface area contributed by atoms with Crippen LogP contribution in [0.2, 0.25) is 0 Å². The lowest BCUT2D eigenvalue weighted by atomic mass is 10.1. The minimum absolute atomic E-state index is 0.140. The number of ether oxygens (including phenoxy) is 1. The van der Waals surface area contributed by atoms with Gasteiger partial charge in [0.1, 0.15) is 11.5 Å². The second kappa shape index (κ2) is 9.86. The van der Waals surface area contributed by atoms with Crippen LogP contribution in [0.4, 0.5) is 20.8 Å². The SMILES string of the molecule is COC(=O)NC(C)CNc1nccc(-c2[nH]c(C3CC3)nc2-c2cccc(NS(C)(=O)=O)c2F)n1. The van der Waals surface area contributed by atoms with Crippen molar-refractivity contribution < 1.29 is 22.3 Å². The van der Waals surface area contributed by atoms with Crippen molar-refractivity contribution in [3.63, 3.8) is 0 Å². The highest BCUT2D eigenvalue weighted by Gasteiger charge is 2.30. The number of benzene rings is 1. The number of nitrogens with one attached hydrogen (secondary N) is 4. The van der Waals surface area contributed by atoms with E-state index < -0.39 is 21.9 Å². The summed E-state index contributed by atoms with van der Waals surface area (Å²) in [6.07, 6.45) is 3.93. The fourth-order valence-electron chi connectivity index (χ4n) is 3.45. The van der Waals surface area contributed by atoms with Crippen LogP contribution in [0.1, 0.15) is 31.5 Å². The molecular weight excluding hydrogens is 477 g/mol. The number of aromatic nitrogens is 4. The summed E-state index contributed by atoms with van der Waals surface area (Å²) in [7, 11) is -2.38. The first-order valence-electron chi connectivity index (χ1n) is 10.9. The number of sulfonamides is 1. The van der Waals surface area contributed by atoms with Crippen LogP contribution in [0, 0.1) is 5.82 Å². The van der Waals surface area contributed by atoms with Crippen molar-refractivity contribution in [3.8, 4) is 22.6 Å². The first-order valence-corrected chi connectivity index (χ1v) is 12.8. The Balaban J connectivity index is 1.66. The predicted octanol–water partition coefficient (Wildman–Crippen LogP) is 3.08. The number of hydrogen-bond donors (Lipinski definition) is 4. The van der Waals surface area contributed by atoms with Gasteiger partial charge in [-0.2, -0.15) is 0 Å². The fourth-order valence-corrected chi connectivity index (χ4v) is 4.01. The van der Waals surface area contributed by atoms with E-state index in [2.05, 4.69) is 40.0 Å². The van der Waals surface area contributed by atoms with Gasteiger partial charge in [-0.15, -0.1) is 0 Å². The fraction of sp³-hybridized carbons (Fsp3) is 0.364. The quantitative estimate of drug-likeness (QED) is 0.348. The third-order valence-corrected chi connectivity index (χ3v) is 5.85. The lowest BCUT2D eigenvalue weighted by Gasteiger charge is -2.14. The molecule has 0 bridgehead atoms. The van der Waals surface area contributed by atoms with Crippen LogP contribution in [-0.4, -0.2) is 60.4 Å². The molecule has 1 unspecified atom stereocenters. The summed E-state index contributed by atoms with van der Waals surface area (Å²) >= 11 is 0. The van der Waals surface area contributed by atoms with E-state index in [9.17, 15) is 13.2 Å². The van der Waals surface area contributed by atoms with Gasteiger partial charge in [0.25, 0.3) is 0 Å². The molecular formula is C22H26FN7O4S. The first kappa shape index (κ1) is 24.4. The minimum Gasteiger partial charge on any atom is -0.453 e. The van der Waals surface area contributed by atoms with Gasteiger partial charge in [-0.1, -0.05) is 6.07 Å². The maximum atomic E-state index is 15.4. The van der Waals surface area contributed by atoms with Gasteiger partial charge in [-0.25, -0.2) is 32.6 Å². The topological polar surface area (TPSA) is 151 Å². The number of methoxy groups -OCH3 is 1. The van der Waals surface area contributed by atoms with Crippen LogP contribution in [0.3, 0.4) is 0 Å². The molecule has 1 atom stereocenters. The van der Waals surface area contributed by atoms with Gasteiger partial charge in [0.15, 0.2) is 5.82 Å². The molecule has 4 N–H and O–H groups in total. The Morgan fingerprint density at radius 3 is 2.74 bits per heavy atom. The van der Waals surface area contributed by atoms with Crippen molar-refractivity contribution in [1.29, 1.82) is 0 Å². The highest BCUT2D eigenvalue weighted by molar-refractivity contribution is 7.92. The number of imidazole rings is 1. The van der Waals surface area contributed by atoms with Crippen LogP contribution in [0.5, 0.6) is 0 Å². The molecule has 0 spiro atoms. The van der Waals surface area contributed by atoms with E-state index >= 15 is 4.39 Å². The third-order valence-electron chi connectivity index (χ3n) is 5.26. The van der Waals surface area contributed by atoms with E-state index in [1.54, 1.807) is 31.3 Å². The maximum Gasteiger partial charge on any atom is 0.407 e. The highest BCUT2D eigenvalue weighted by atomic mass is 32.2. The lowest BCUT2D eigenvalue weighted by molar-refractivity contribution is 0.168. The van der Waals surface area contributed by atoms with Crippen LogP contribution in [0.15, 0.2) is 30.5 Å². The van der Waals surface area contributed by atoms with E-state index in [0.29, 0.717) is 29.6 Å². The number of halogens is 1. The summed E-state index contributed by atoms with van der Waals surface area (Å²) in [5.74, 6) is 0.554. The number of aromatic amines is 1. The molecule has 186 valence electrons. The summed E-state index contributed by atoms with van der Waals surface area (Å²) < 4.78 is 45.5. The molecule has 2 heterocycles. The van der Waals surface area contributed by atoms with E-state index in [0.717, 1.165) is 24.9 Å². The van der Waals surface area contributed by atoms with Gasteiger partial charge in [0.05, 0.1) is 30.4 Å². The second-order valence-corrected chi connectivity index (χ2v) is 10.1. The number of alkyl carbamates (subject to hydrolysis) is 1. The second-order valence-electron chi connectivity index (χ2n) is 8.34. The Morgan fingerprint density at radius 2 is 2.06 bits per heavy atom. The standard InChI is InChI=1S/C22H26FN7O4S/c1-12(26-22(31)34-2)11-25-21-24-10-9-16(27-21)19-18(28-20(29-19)13-7-8-13)14-5-4-6-15(17(14)23)30-35(3,32)33/h4-6,9-10,12-13,30H,7-8,11H2,1-3H3,(H,26,31)(H,28,29)(H,24,25,27). The van der Waals surface area contributed by atoms with E-state index in [-0.39, 0.29) is 23.2 Å². The summed E-state index contributed by atoms with van der Waals surface area (Å²) in [5.41, 5.74) is 1.27. The first-order chi connectivity index (χ1) is 16.6. The van der Waals surface area contributed by atoms with E-state index in [4.69, 9.17) is 0 Å². The zero-order chi connectivity index (χ0) is 25.2. The van der Waals surface area contributed by atoms with Gasteiger partial charge < -0.3 is 20.4 Å². The largest absolute Gasteiger partial charge is 0.453 e. The Morgan fingerprint density at radius 1 is 1.29 bits per heavy atom. The number of carbonyl (C=O) groups excluding carboxylic acids is 1. The van der Waals surface area contributed by atoms with Gasteiger partial charge in [-0.3, -0.25) is 4.72 Å². The molecule has 1 aliphatic rings. The molecule has 1 aliphatic carbocycles. The zero-order valence-corrected chi connectivity index (χ0v) is 20.2. The van der Waals surface area contributed by atoms with Gasteiger partial charge in [0.2, 0.25) is 16.0 Å². The van der Waals surface area contributed by atoms with Crippen LogP contribution in [-0.2, 0) is 14.8 Å². The third kappa shape index (κ3) is 6.04. The number of amides is 1. The van der Waals surface area contributed by atoms with Gasteiger partial charge in [0, 0.05) is 30.3 Å². The van der Waals surface area contributed by atoms with E-state index in [1.165, 1.54) is 13.2 Å². The summed E-state index contributed by atoms with van der Waals surface area (Å²) in [6.45, 7) is 2.14. The molecule has 1 saturated carbocycles. The Hall–Kier alpha value is -3.74. The Kier molecular flexibility index (Phi) is 6.87. The number of hydrogen-bond acceptors (Lipinski definition) is 8. The number of anilines is 2. The Labute approximate surface area is 202 Å². The van der Waals surface area contributed by atoms with Gasteiger partial charge in [-0.05, 0) is 38.0 Å². The lowest BCUT2D eigenvalue weighted by Crippen LogP contribution is -2.37. The number of H-pyrrole nitrogens is 1. The minimum atomic E-state index is -3.67. The molecule has 13 heteroatoms. The maximum absolute atomic E-state index is 15.4. The zero-order valence-electron chi connectivity index (χ0n) is 19.4. The molecule has 4 rings (SSSR count).